The van der Waals surface area contributed by atoms with Crippen LogP contribution >= 0.6 is 0 Å². The maximum Gasteiger partial charge on any atom is 0.269 e. The number of non-ortho nitro benzene ring substituents is 1. The first-order chi connectivity index (χ1) is 7.72. The Kier molecular flexibility index (Phi) is 2.65. The van der Waals surface area contributed by atoms with Gasteiger partial charge in [-0.3, -0.25) is 10.1 Å². The zero-order valence-corrected chi connectivity index (χ0v) is 8.29. The number of nitrogens with two attached hydrogens (primary N) is 1. The van der Waals surface area contributed by atoms with Gasteiger partial charge >= 0.3 is 0 Å². The molecule has 0 aliphatic heterocycles. The molecule has 0 fully saturated rings. The number of aromatic nitrogens is 1. The molecule has 0 bridgehead atoms. The Balaban J connectivity index is 2.38. The van der Waals surface area contributed by atoms with Crippen molar-refractivity contribution in [1.29, 1.82) is 0 Å². The predicted octanol–water partition coefficient (Wildman–Crippen LogP) is 1.71. The third kappa shape index (κ3) is 1.78. The van der Waals surface area contributed by atoms with Crippen molar-refractivity contribution in [3.8, 4) is 11.3 Å². The summed E-state index contributed by atoms with van der Waals surface area (Å²) in [5.74, 6) is 0.553. The van der Waals surface area contributed by atoms with E-state index in [0.29, 0.717) is 12.3 Å². The normalized spacial score (nSPS) is 10.3. The molecule has 0 radical (unpaired) electrons. The minimum atomic E-state index is -0.450. The fourth-order valence-corrected chi connectivity index (χ4v) is 1.38. The first-order valence-corrected chi connectivity index (χ1v) is 4.61. The third-order valence-electron chi connectivity index (χ3n) is 2.20. The minimum absolute atomic E-state index is 0.0394. The molecule has 0 aliphatic rings. The summed E-state index contributed by atoms with van der Waals surface area (Å²) in [7, 11) is 0. The molecule has 82 valence electrons. The molecule has 1 aromatic carbocycles. The molecular weight excluding hydrogens is 210 g/mol. The molecule has 2 N–H and O–H groups in total. The first-order valence-electron chi connectivity index (χ1n) is 4.61. The Bertz CT molecular complexity index is 504. The molecule has 16 heavy (non-hydrogen) atoms. The molecule has 1 aromatic heterocycles. The highest BCUT2D eigenvalue weighted by molar-refractivity contribution is 5.62. The number of benzene rings is 1. The van der Waals surface area contributed by atoms with Crippen LogP contribution < -0.4 is 5.73 Å². The van der Waals surface area contributed by atoms with Crippen molar-refractivity contribution >= 4 is 5.69 Å². The summed E-state index contributed by atoms with van der Waals surface area (Å²) in [6.45, 7) is 0.315. The van der Waals surface area contributed by atoms with Gasteiger partial charge in [0.2, 0.25) is 0 Å². The summed E-state index contributed by atoms with van der Waals surface area (Å²) >= 11 is 0. The van der Waals surface area contributed by atoms with Gasteiger partial charge < -0.3 is 10.3 Å². The Labute approximate surface area is 90.8 Å². The van der Waals surface area contributed by atoms with E-state index >= 15 is 0 Å². The topological polar surface area (TPSA) is 95.2 Å². The van der Waals surface area contributed by atoms with Gasteiger partial charge in [0.25, 0.3) is 5.69 Å². The Morgan fingerprint density at radius 1 is 1.38 bits per heavy atom. The van der Waals surface area contributed by atoms with Crippen molar-refractivity contribution in [2.45, 2.75) is 6.54 Å². The summed E-state index contributed by atoms with van der Waals surface area (Å²) in [6, 6.07) is 6.05. The molecule has 0 spiro atoms. The molecule has 0 saturated carbocycles. The Morgan fingerprint density at radius 2 is 2.06 bits per heavy atom. The second kappa shape index (κ2) is 4.11. The summed E-state index contributed by atoms with van der Waals surface area (Å²) in [5.41, 5.74) is 7.04. The SMILES string of the molecule is NCc1cnoc1-c1ccc([N+](=O)[O-])cc1. The minimum Gasteiger partial charge on any atom is -0.356 e. The smallest absolute Gasteiger partial charge is 0.269 e. The lowest BCUT2D eigenvalue weighted by Gasteiger charge is -1.98. The van der Waals surface area contributed by atoms with Crippen LogP contribution in [0.25, 0.3) is 11.3 Å². The summed E-state index contributed by atoms with van der Waals surface area (Å²) < 4.78 is 5.04. The van der Waals surface area contributed by atoms with Crippen LogP contribution in [0.5, 0.6) is 0 Å². The maximum atomic E-state index is 10.5. The van der Waals surface area contributed by atoms with Gasteiger partial charge in [0, 0.05) is 29.8 Å². The van der Waals surface area contributed by atoms with Crippen LogP contribution in [0.1, 0.15) is 5.56 Å². The van der Waals surface area contributed by atoms with E-state index in [0.717, 1.165) is 11.1 Å². The molecule has 0 atom stereocenters. The van der Waals surface area contributed by atoms with Crippen LogP contribution in [0, 0.1) is 10.1 Å². The van der Waals surface area contributed by atoms with Crippen LogP contribution in [-0.4, -0.2) is 10.1 Å². The zero-order chi connectivity index (χ0) is 11.5. The first kappa shape index (κ1) is 10.3. The second-order valence-corrected chi connectivity index (χ2v) is 3.19. The van der Waals surface area contributed by atoms with Crippen molar-refractivity contribution < 1.29 is 9.45 Å². The summed E-state index contributed by atoms with van der Waals surface area (Å²) in [4.78, 5) is 10.0. The number of hydrogen-bond acceptors (Lipinski definition) is 5. The maximum absolute atomic E-state index is 10.5. The molecule has 2 rings (SSSR count). The van der Waals surface area contributed by atoms with E-state index in [1.54, 1.807) is 12.1 Å². The van der Waals surface area contributed by atoms with Crippen LogP contribution in [0.3, 0.4) is 0 Å². The lowest BCUT2D eigenvalue weighted by atomic mass is 10.1. The lowest BCUT2D eigenvalue weighted by Crippen LogP contribution is -1.96. The van der Waals surface area contributed by atoms with Crippen LogP contribution in [0.2, 0.25) is 0 Å². The van der Waals surface area contributed by atoms with Crippen molar-refractivity contribution in [3.63, 3.8) is 0 Å². The molecule has 6 heteroatoms. The van der Waals surface area contributed by atoms with Crippen LogP contribution in [0.15, 0.2) is 35.0 Å². The standard InChI is InChI=1S/C10H9N3O3/c11-5-8-6-12-16-10(8)7-1-3-9(4-2-7)13(14)15/h1-4,6H,5,11H2. The van der Waals surface area contributed by atoms with Crippen LogP contribution in [0.4, 0.5) is 5.69 Å². The van der Waals surface area contributed by atoms with Crippen molar-refractivity contribution in [2.24, 2.45) is 5.73 Å². The van der Waals surface area contributed by atoms with Gasteiger partial charge in [-0.05, 0) is 12.1 Å². The van der Waals surface area contributed by atoms with Gasteiger partial charge in [0.1, 0.15) is 0 Å². The second-order valence-electron chi connectivity index (χ2n) is 3.19. The predicted molar refractivity (Wildman–Crippen MR) is 56.5 cm³/mol. The van der Waals surface area contributed by atoms with E-state index in [-0.39, 0.29) is 5.69 Å². The molecule has 2 aromatic rings. The number of nitro groups is 1. The van der Waals surface area contributed by atoms with E-state index < -0.39 is 4.92 Å². The van der Waals surface area contributed by atoms with E-state index in [1.807, 2.05) is 0 Å². The number of nitro benzene ring substituents is 1. The van der Waals surface area contributed by atoms with Crippen molar-refractivity contribution in [1.82, 2.24) is 5.16 Å². The molecule has 0 amide bonds. The molecule has 6 nitrogen and oxygen atoms in total. The number of nitrogens with zero attached hydrogens (tertiary/aromatic N) is 2. The summed E-state index contributed by atoms with van der Waals surface area (Å²) in [5, 5.41) is 14.1. The van der Waals surface area contributed by atoms with Gasteiger partial charge in [-0.2, -0.15) is 0 Å². The zero-order valence-electron chi connectivity index (χ0n) is 8.29. The quantitative estimate of drug-likeness (QED) is 0.626. The fraction of sp³-hybridized carbons (Fsp3) is 0.100. The van der Waals surface area contributed by atoms with Crippen molar-refractivity contribution in [3.05, 3.63) is 46.1 Å². The fourth-order valence-electron chi connectivity index (χ4n) is 1.38. The molecule has 0 aliphatic carbocycles. The highest BCUT2D eigenvalue weighted by Gasteiger charge is 2.11. The third-order valence-corrected chi connectivity index (χ3v) is 2.20. The molecular formula is C10H9N3O3. The monoisotopic (exact) mass is 219 g/mol. The lowest BCUT2D eigenvalue weighted by molar-refractivity contribution is -0.384. The van der Waals surface area contributed by atoms with Gasteiger partial charge in [0.15, 0.2) is 5.76 Å². The van der Waals surface area contributed by atoms with E-state index in [4.69, 9.17) is 10.3 Å². The molecule has 1 heterocycles. The van der Waals surface area contributed by atoms with Gasteiger partial charge in [0.05, 0.1) is 11.1 Å². The van der Waals surface area contributed by atoms with Gasteiger partial charge in [-0.15, -0.1) is 0 Å². The van der Waals surface area contributed by atoms with E-state index in [1.165, 1.54) is 18.3 Å². The number of hydrogen-bond donors (Lipinski definition) is 1. The average Bonchev–Trinajstić information content (AvgIpc) is 2.77. The Morgan fingerprint density at radius 3 is 2.62 bits per heavy atom. The Hall–Kier alpha value is -2.21. The molecule has 0 saturated heterocycles. The van der Waals surface area contributed by atoms with E-state index in [9.17, 15) is 10.1 Å². The van der Waals surface area contributed by atoms with E-state index in [2.05, 4.69) is 5.16 Å². The van der Waals surface area contributed by atoms with Crippen molar-refractivity contribution in [2.75, 3.05) is 0 Å². The highest BCUT2D eigenvalue weighted by atomic mass is 16.6. The number of rotatable bonds is 3. The van der Waals surface area contributed by atoms with Gasteiger partial charge in [-0.25, -0.2) is 0 Å². The highest BCUT2D eigenvalue weighted by Crippen LogP contribution is 2.25. The van der Waals surface area contributed by atoms with Crippen LogP contribution in [-0.2, 0) is 6.54 Å². The average molecular weight is 219 g/mol. The largest absolute Gasteiger partial charge is 0.356 e. The van der Waals surface area contributed by atoms with Gasteiger partial charge in [-0.1, -0.05) is 5.16 Å². The molecule has 0 unspecified atom stereocenters. The summed E-state index contributed by atoms with van der Waals surface area (Å²) in [6.07, 6.45) is 1.54.